The molecule has 0 spiro atoms. The number of benzene rings is 3. The van der Waals surface area contributed by atoms with Crippen LogP contribution in [0.4, 0.5) is 0 Å². The van der Waals surface area contributed by atoms with Crippen LogP contribution in [0.3, 0.4) is 0 Å². The number of hydrogen-bond acceptors (Lipinski definition) is 4. The Balaban J connectivity index is 1.62. The number of cyclic esters (lactones) is 1. The van der Waals surface area contributed by atoms with E-state index >= 15 is 0 Å². The molecule has 1 aliphatic rings. The van der Waals surface area contributed by atoms with E-state index in [4.69, 9.17) is 9.47 Å². The maximum Gasteiger partial charge on any atom is 0.327 e. The van der Waals surface area contributed by atoms with Gasteiger partial charge in [-0.2, -0.15) is 0 Å². The summed E-state index contributed by atoms with van der Waals surface area (Å²) in [5.41, 5.74) is 2.57. The Kier molecular flexibility index (Phi) is 7.71. The number of carbonyl (C=O) groups is 1. The van der Waals surface area contributed by atoms with Crippen LogP contribution in [0.5, 0.6) is 0 Å². The highest BCUT2D eigenvalue weighted by atomic mass is 16.5. The molecule has 3 aromatic carbocycles. The number of esters is 1. The number of ether oxygens (including phenoxy) is 2. The van der Waals surface area contributed by atoms with Gasteiger partial charge in [-0.15, -0.1) is 6.58 Å². The van der Waals surface area contributed by atoms with Crippen LogP contribution < -0.4 is 0 Å². The highest BCUT2D eigenvalue weighted by Crippen LogP contribution is 2.40. The summed E-state index contributed by atoms with van der Waals surface area (Å²) in [7, 11) is 0. The molecule has 1 saturated heterocycles. The van der Waals surface area contributed by atoms with E-state index in [9.17, 15) is 4.79 Å². The monoisotopic (exact) mass is 441 g/mol. The second-order valence-corrected chi connectivity index (χ2v) is 8.45. The van der Waals surface area contributed by atoms with Crippen LogP contribution in [0.2, 0.25) is 0 Å². The van der Waals surface area contributed by atoms with Gasteiger partial charge < -0.3 is 9.47 Å². The van der Waals surface area contributed by atoms with Gasteiger partial charge in [0.2, 0.25) is 0 Å². The molecule has 0 amide bonds. The molecular weight excluding hydrogens is 410 g/mol. The Hall–Kier alpha value is -3.21. The second-order valence-electron chi connectivity index (χ2n) is 8.45. The summed E-state index contributed by atoms with van der Waals surface area (Å²) in [5.74, 6) is -0.200. The first kappa shape index (κ1) is 23.0. The van der Waals surface area contributed by atoms with Crippen LogP contribution in [-0.4, -0.2) is 29.6 Å². The van der Waals surface area contributed by atoms with Gasteiger partial charge in [0, 0.05) is 19.6 Å². The number of carbonyl (C=O) groups excluding carboxylic acids is 1. The van der Waals surface area contributed by atoms with E-state index < -0.39 is 5.54 Å². The third-order valence-corrected chi connectivity index (χ3v) is 6.31. The summed E-state index contributed by atoms with van der Waals surface area (Å²) >= 11 is 0. The fourth-order valence-corrected chi connectivity index (χ4v) is 4.58. The van der Waals surface area contributed by atoms with Crippen molar-refractivity contribution in [2.24, 2.45) is 0 Å². The molecule has 0 radical (unpaired) electrons. The Morgan fingerprint density at radius 1 is 0.939 bits per heavy atom. The molecule has 2 atom stereocenters. The van der Waals surface area contributed by atoms with E-state index in [1.54, 1.807) is 0 Å². The minimum Gasteiger partial charge on any atom is -0.462 e. The van der Waals surface area contributed by atoms with Crippen LogP contribution in [0, 0.1) is 0 Å². The van der Waals surface area contributed by atoms with Crippen LogP contribution in [-0.2, 0) is 27.4 Å². The third-order valence-electron chi connectivity index (χ3n) is 6.31. The molecule has 170 valence electrons. The van der Waals surface area contributed by atoms with Crippen LogP contribution >= 0.6 is 0 Å². The molecule has 1 aliphatic heterocycles. The quantitative estimate of drug-likeness (QED) is 0.230. The molecule has 0 saturated carbocycles. The van der Waals surface area contributed by atoms with Crippen molar-refractivity contribution in [3.05, 3.63) is 120 Å². The first-order valence-electron chi connectivity index (χ1n) is 11.5. The number of rotatable bonds is 10. The molecule has 4 rings (SSSR count). The van der Waals surface area contributed by atoms with E-state index in [1.165, 1.54) is 0 Å². The maximum atomic E-state index is 13.4. The lowest BCUT2D eigenvalue weighted by atomic mass is 9.84. The van der Waals surface area contributed by atoms with Gasteiger partial charge in [-0.3, -0.25) is 9.69 Å². The summed E-state index contributed by atoms with van der Waals surface area (Å²) in [6, 6.07) is 30.6. The number of morpholine rings is 1. The summed E-state index contributed by atoms with van der Waals surface area (Å²) in [6.07, 6.45) is 2.85. The van der Waals surface area contributed by atoms with Crippen LogP contribution in [0.15, 0.2) is 104 Å². The first-order valence-corrected chi connectivity index (χ1v) is 11.5. The van der Waals surface area contributed by atoms with Crippen molar-refractivity contribution in [1.82, 2.24) is 4.90 Å². The lowest BCUT2D eigenvalue weighted by Gasteiger charge is -2.49. The minimum atomic E-state index is -0.840. The predicted molar refractivity (Wildman–Crippen MR) is 130 cm³/mol. The fourth-order valence-electron chi connectivity index (χ4n) is 4.58. The second kappa shape index (κ2) is 11.1. The fraction of sp³-hybridized carbons (Fsp3) is 0.276. The first-order chi connectivity index (χ1) is 16.2. The molecule has 4 nitrogen and oxygen atoms in total. The zero-order valence-corrected chi connectivity index (χ0v) is 18.9. The van der Waals surface area contributed by atoms with E-state index in [1.807, 2.05) is 72.8 Å². The lowest BCUT2D eigenvalue weighted by Crippen LogP contribution is -2.61. The number of hydrogen-bond donors (Lipinski definition) is 0. The average Bonchev–Trinajstić information content (AvgIpc) is 2.86. The van der Waals surface area contributed by atoms with Gasteiger partial charge >= 0.3 is 5.97 Å². The van der Waals surface area contributed by atoms with Crippen LogP contribution in [0.25, 0.3) is 0 Å². The highest BCUT2D eigenvalue weighted by molar-refractivity contribution is 5.82. The van der Waals surface area contributed by atoms with E-state index in [0.717, 1.165) is 16.7 Å². The van der Waals surface area contributed by atoms with Gasteiger partial charge in [0.05, 0.1) is 12.6 Å². The summed E-state index contributed by atoms with van der Waals surface area (Å²) in [4.78, 5) is 15.7. The lowest BCUT2D eigenvalue weighted by molar-refractivity contribution is -0.180. The molecule has 4 heteroatoms. The zero-order valence-electron chi connectivity index (χ0n) is 18.9. The Morgan fingerprint density at radius 2 is 1.55 bits per heavy atom. The normalized spacial score (nSPS) is 20.8. The van der Waals surface area contributed by atoms with Gasteiger partial charge in [-0.05, 0) is 23.1 Å². The van der Waals surface area contributed by atoms with Gasteiger partial charge in [0.15, 0.2) is 0 Å². The van der Waals surface area contributed by atoms with Gasteiger partial charge in [0.25, 0.3) is 0 Å². The molecule has 0 bridgehead atoms. The molecule has 0 aliphatic carbocycles. The minimum absolute atomic E-state index is 0.0434. The van der Waals surface area contributed by atoms with Crippen molar-refractivity contribution < 1.29 is 14.3 Å². The van der Waals surface area contributed by atoms with Gasteiger partial charge in [-0.25, -0.2) is 0 Å². The number of nitrogens with zero attached hydrogens (tertiary/aromatic N) is 1. The van der Waals surface area contributed by atoms with Crippen molar-refractivity contribution in [1.29, 1.82) is 0 Å². The van der Waals surface area contributed by atoms with Gasteiger partial charge in [0.1, 0.15) is 12.1 Å². The zero-order chi connectivity index (χ0) is 22.9. The molecule has 33 heavy (non-hydrogen) atoms. The predicted octanol–water partition coefficient (Wildman–Crippen LogP) is 5.71. The van der Waals surface area contributed by atoms with E-state index in [-0.39, 0.29) is 12.0 Å². The van der Waals surface area contributed by atoms with Crippen molar-refractivity contribution in [2.75, 3.05) is 13.2 Å². The van der Waals surface area contributed by atoms with Crippen molar-refractivity contribution in [3.63, 3.8) is 0 Å². The smallest absolute Gasteiger partial charge is 0.327 e. The molecular formula is C29H31NO3. The summed E-state index contributed by atoms with van der Waals surface area (Å²) in [5, 5.41) is 0. The van der Waals surface area contributed by atoms with Crippen molar-refractivity contribution >= 4 is 5.97 Å². The molecule has 1 heterocycles. The Labute approximate surface area is 196 Å². The Bertz CT molecular complexity index is 1020. The van der Waals surface area contributed by atoms with E-state index in [2.05, 4.69) is 35.7 Å². The standard InChI is InChI=1S/C29H31NO3/c1-2-18-29(19-20-32-22-25-14-8-4-9-15-25)28(31)33-23-27(26-16-10-5-11-17-26)30(29)21-24-12-6-3-7-13-24/h2-17,27H,1,18-23H2/t27-,29+/m0/s1. The van der Waals surface area contributed by atoms with Crippen molar-refractivity contribution in [3.8, 4) is 0 Å². The molecule has 0 aromatic heterocycles. The Morgan fingerprint density at radius 3 is 2.18 bits per heavy atom. The molecule has 3 aromatic rings. The third kappa shape index (κ3) is 5.41. The van der Waals surface area contributed by atoms with Crippen molar-refractivity contribution in [2.45, 2.75) is 37.6 Å². The summed E-state index contributed by atoms with van der Waals surface area (Å²) in [6.45, 7) is 5.91. The molecule has 0 N–H and O–H groups in total. The molecule has 1 fully saturated rings. The highest BCUT2D eigenvalue weighted by Gasteiger charge is 2.50. The molecule has 0 unspecified atom stereocenters. The average molecular weight is 442 g/mol. The maximum absolute atomic E-state index is 13.4. The summed E-state index contributed by atoms with van der Waals surface area (Å²) < 4.78 is 11.8. The SMILES string of the molecule is C=CC[C@@]1(CCOCc2ccccc2)C(=O)OC[C@@H](c2ccccc2)N1Cc1ccccc1. The van der Waals surface area contributed by atoms with E-state index in [0.29, 0.717) is 39.2 Å². The van der Waals surface area contributed by atoms with Gasteiger partial charge in [-0.1, -0.05) is 97.1 Å². The topological polar surface area (TPSA) is 38.8 Å². The van der Waals surface area contributed by atoms with Crippen LogP contribution in [0.1, 0.15) is 35.6 Å². The largest absolute Gasteiger partial charge is 0.462 e.